The van der Waals surface area contributed by atoms with E-state index in [0.717, 1.165) is 37.9 Å². The largest absolute Gasteiger partial charge is 0.362 e. The van der Waals surface area contributed by atoms with Crippen LogP contribution in [0.1, 0.15) is 24.8 Å². The summed E-state index contributed by atoms with van der Waals surface area (Å²) in [6.07, 6.45) is 3.80. The first-order chi connectivity index (χ1) is 13.5. The van der Waals surface area contributed by atoms with E-state index in [4.69, 9.17) is 0 Å². The molecule has 0 aromatic heterocycles. The van der Waals surface area contributed by atoms with Gasteiger partial charge >= 0.3 is 0 Å². The molecule has 1 saturated heterocycles. The number of carbonyl (C=O) groups is 1. The molecular formula is C21H25N3O3S. The van der Waals surface area contributed by atoms with E-state index in [2.05, 4.69) is 16.3 Å². The van der Waals surface area contributed by atoms with Crippen molar-refractivity contribution >= 4 is 27.3 Å². The summed E-state index contributed by atoms with van der Waals surface area (Å²) in [6, 6.07) is 14.7. The van der Waals surface area contributed by atoms with Gasteiger partial charge in [0.15, 0.2) is 0 Å². The van der Waals surface area contributed by atoms with Crippen LogP contribution in [0.3, 0.4) is 0 Å². The van der Waals surface area contributed by atoms with Gasteiger partial charge in [0.05, 0.1) is 11.4 Å². The molecule has 0 radical (unpaired) electrons. The van der Waals surface area contributed by atoms with Crippen LogP contribution in [-0.4, -0.2) is 44.8 Å². The van der Waals surface area contributed by atoms with Crippen LogP contribution in [0.2, 0.25) is 0 Å². The summed E-state index contributed by atoms with van der Waals surface area (Å²) in [7, 11) is -3.51. The van der Waals surface area contributed by atoms with Crippen LogP contribution in [0.5, 0.6) is 0 Å². The molecule has 2 aromatic carbocycles. The van der Waals surface area contributed by atoms with E-state index in [-0.39, 0.29) is 17.3 Å². The highest BCUT2D eigenvalue weighted by molar-refractivity contribution is 7.89. The highest BCUT2D eigenvalue weighted by Crippen LogP contribution is 2.27. The first kappa shape index (κ1) is 19.0. The molecule has 0 spiro atoms. The van der Waals surface area contributed by atoms with Gasteiger partial charge < -0.3 is 10.2 Å². The van der Waals surface area contributed by atoms with Gasteiger partial charge in [-0.2, -0.15) is 4.31 Å². The van der Waals surface area contributed by atoms with Gasteiger partial charge in [-0.15, -0.1) is 0 Å². The summed E-state index contributed by atoms with van der Waals surface area (Å²) in [5, 5.41) is 2.85. The zero-order valence-electron chi connectivity index (χ0n) is 15.8. The predicted molar refractivity (Wildman–Crippen MR) is 110 cm³/mol. The summed E-state index contributed by atoms with van der Waals surface area (Å²) >= 11 is 0. The standard InChI is InChI=1S/C21H25N3O3S/c25-21(16-23-14-11-17-7-2-3-10-20(17)23)22-18-8-6-9-19(15-18)28(26,27)24-12-4-1-5-13-24/h2-3,6-10,15H,1,4-5,11-14,16H2,(H,22,25). The molecule has 28 heavy (non-hydrogen) atoms. The lowest BCUT2D eigenvalue weighted by Gasteiger charge is -2.26. The van der Waals surface area contributed by atoms with E-state index in [1.165, 1.54) is 5.56 Å². The van der Waals surface area contributed by atoms with E-state index in [1.807, 2.05) is 18.2 Å². The molecule has 0 atom stereocenters. The summed E-state index contributed by atoms with van der Waals surface area (Å²) in [4.78, 5) is 14.8. The lowest BCUT2D eigenvalue weighted by atomic mass is 10.2. The van der Waals surface area contributed by atoms with Crippen molar-refractivity contribution in [1.82, 2.24) is 4.31 Å². The van der Waals surface area contributed by atoms with Gasteiger partial charge in [0.1, 0.15) is 0 Å². The maximum Gasteiger partial charge on any atom is 0.243 e. The smallest absolute Gasteiger partial charge is 0.243 e. The van der Waals surface area contributed by atoms with Crippen LogP contribution >= 0.6 is 0 Å². The number of fused-ring (bicyclic) bond motifs is 1. The molecule has 6 nitrogen and oxygen atoms in total. The number of sulfonamides is 1. The fourth-order valence-corrected chi connectivity index (χ4v) is 5.50. The van der Waals surface area contributed by atoms with E-state index in [9.17, 15) is 13.2 Å². The molecule has 2 aromatic rings. The topological polar surface area (TPSA) is 69.7 Å². The van der Waals surface area contributed by atoms with Gasteiger partial charge in [0, 0.05) is 31.0 Å². The number of hydrogen-bond acceptors (Lipinski definition) is 4. The first-order valence-electron chi connectivity index (χ1n) is 9.77. The Kier molecular flexibility index (Phi) is 5.37. The highest BCUT2D eigenvalue weighted by atomic mass is 32.2. The number of amides is 1. The Bertz CT molecular complexity index is 968. The average Bonchev–Trinajstić information content (AvgIpc) is 3.12. The Balaban J connectivity index is 1.44. The summed E-state index contributed by atoms with van der Waals surface area (Å²) in [5.41, 5.74) is 2.86. The minimum atomic E-state index is -3.51. The Morgan fingerprint density at radius 2 is 1.75 bits per heavy atom. The number of nitrogens with zero attached hydrogens (tertiary/aromatic N) is 2. The Hall–Kier alpha value is -2.38. The third-order valence-corrected chi connectivity index (χ3v) is 7.28. The molecule has 0 bridgehead atoms. The second-order valence-electron chi connectivity index (χ2n) is 7.34. The van der Waals surface area contributed by atoms with E-state index in [0.29, 0.717) is 18.8 Å². The van der Waals surface area contributed by atoms with Crippen LogP contribution in [0, 0.1) is 0 Å². The fourth-order valence-electron chi connectivity index (χ4n) is 3.93. The van der Waals surface area contributed by atoms with Gasteiger partial charge in [0.25, 0.3) is 0 Å². The molecule has 1 amide bonds. The van der Waals surface area contributed by atoms with Crippen molar-refractivity contribution < 1.29 is 13.2 Å². The van der Waals surface area contributed by atoms with Crippen molar-refractivity contribution in [3.05, 3.63) is 54.1 Å². The second-order valence-corrected chi connectivity index (χ2v) is 9.28. The molecular weight excluding hydrogens is 374 g/mol. The number of benzene rings is 2. The van der Waals surface area contributed by atoms with Crippen molar-refractivity contribution in [2.45, 2.75) is 30.6 Å². The zero-order valence-corrected chi connectivity index (χ0v) is 16.6. The third-order valence-electron chi connectivity index (χ3n) is 5.39. The molecule has 4 rings (SSSR count). The van der Waals surface area contributed by atoms with E-state index in [1.54, 1.807) is 28.6 Å². The van der Waals surface area contributed by atoms with Crippen LogP contribution in [0.25, 0.3) is 0 Å². The number of para-hydroxylation sites is 1. The highest BCUT2D eigenvalue weighted by Gasteiger charge is 2.26. The minimum absolute atomic E-state index is 0.149. The molecule has 1 N–H and O–H groups in total. The van der Waals surface area contributed by atoms with Crippen molar-refractivity contribution in [1.29, 1.82) is 0 Å². The lowest BCUT2D eigenvalue weighted by molar-refractivity contribution is -0.115. The molecule has 2 aliphatic rings. The molecule has 2 aliphatic heterocycles. The quantitative estimate of drug-likeness (QED) is 0.839. The van der Waals surface area contributed by atoms with Crippen LogP contribution in [-0.2, 0) is 21.2 Å². The van der Waals surface area contributed by atoms with Crippen LogP contribution < -0.4 is 10.2 Å². The maximum absolute atomic E-state index is 12.8. The molecule has 2 heterocycles. The Morgan fingerprint density at radius 1 is 0.964 bits per heavy atom. The molecule has 7 heteroatoms. The summed E-state index contributed by atoms with van der Waals surface area (Å²) in [5.74, 6) is -0.149. The zero-order chi connectivity index (χ0) is 19.6. The van der Waals surface area contributed by atoms with Crippen LogP contribution in [0.15, 0.2) is 53.4 Å². The SMILES string of the molecule is O=C(CN1CCc2ccccc21)Nc1cccc(S(=O)(=O)N2CCCCC2)c1. The lowest BCUT2D eigenvalue weighted by Crippen LogP contribution is -2.35. The predicted octanol–water partition coefficient (Wildman–Crippen LogP) is 2.86. The normalized spacial score (nSPS) is 17.4. The van der Waals surface area contributed by atoms with Crippen molar-refractivity contribution in [2.24, 2.45) is 0 Å². The summed E-state index contributed by atoms with van der Waals surface area (Å²) in [6.45, 7) is 2.19. The number of carbonyl (C=O) groups excluding carboxylic acids is 1. The average molecular weight is 400 g/mol. The van der Waals surface area contributed by atoms with Crippen molar-refractivity contribution in [3.63, 3.8) is 0 Å². The van der Waals surface area contributed by atoms with Gasteiger partial charge in [-0.25, -0.2) is 8.42 Å². The fraction of sp³-hybridized carbons (Fsp3) is 0.381. The Labute approximate surface area is 166 Å². The Morgan fingerprint density at radius 3 is 2.57 bits per heavy atom. The van der Waals surface area contributed by atoms with E-state index >= 15 is 0 Å². The van der Waals surface area contributed by atoms with Crippen molar-refractivity contribution in [2.75, 3.05) is 36.4 Å². The number of rotatable bonds is 5. The monoisotopic (exact) mass is 399 g/mol. The van der Waals surface area contributed by atoms with Crippen molar-refractivity contribution in [3.8, 4) is 0 Å². The van der Waals surface area contributed by atoms with Crippen LogP contribution in [0.4, 0.5) is 11.4 Å². The molecule has 0 saturated carbocycles. The van der Waals surface area contributed by atoms with Gasteiger partial charge in [-0.05, 0) is 49.1 Å². The molecule has 0 aliphatic carbocycles. The van der Waals surface area contributed by atoms with E-state index < -0.39 is 10.0 Å². The molecule has 1 fully saturated rings. The number of hydrogen-bond donors (Lipinski definition) is 1. The van der Waals surface area contributed by atoms with Gasteiger partial charge in [-0.1, -0.05) is 30.7 Å². The molecule has 0 unspecified atom stereocenters. The number of piperidine rings is 1. The maximum atomic E-state index is 12.8. The summed E-state index contributed by atoms with van der Waals surface area (Å²) < 4.78 is 27.2. The third kappa shape index (κ3) is 3.91. The first-order valence-corrected chi connectivity index (χ1v) is 11.2. The number of anilines is 2. The number of nitrogens with one attached hydrogen (secondary N) is 1. The van der Waals surface area contributed by atoms with Gasteiger partial charge in [0.2, 0.25) is 15.9 Å². The molecule has 148 valence electrons. The minimum Gasteiger partial charge on any atom is -0.362 e. The van der Waals surface area contributed by atoms with Gasteiger partial charge in [-0.3, -0.25) is 4.79 Å². The second kappa shape index (κ2) is 7.93.